The second-order valence-corrected chi connectivity index (χ2v) is 6.27. The number of para-hydroxylation sites is 1. The number of nitrogens with zero attached hydrogens (tertiary/aromatic N) is 1. The van der Waals surface area contributed by atoms with Crippen LogP contribution in [0.3, 0.4) is 0 Å². The lowest BCUT2D eigenvalue weighted by Crippen LogP contribution is -2.29. The van der Waals surface area contributed by atoms with Crippen LogP contribution in [0, 0.1) is 10.1 Å². The lowest BCUT2D eigenvalue weighted by Gasteiger charge is -2.29. The van der Waals surface area contributed by atoms with E-state index in [1.807, 2.05) is 11.8 Å². The summed E-state index contributed by atoms with van der Waals surface area (Å²) in [6.07, 6.45) is 6.20. The number of hydrogen-bond acceptors (Lipinski definition) is 5. The van der Waals surface area contributed by atoms with Crippen molar-refractivity contribution in [1.82, 2.24) is 0 Å². The van der Waals surface area contributed by atoms with Gasteiger partial charge in [-0.05, 0) is 37.7 Å². The molecule has 7 heteroatoms. The van der Waals surface area contributed by atoms with Gasteiger partial charge < -0.3 is 10.4 Å². The summed E-state index contributed by atoms with van der Waals surface area (Å²) < 4.78 is 0. The molecule has 21 heavy (non-hydrogen) atoms. The van der Waals surface area contributed by atoms with E-state index < -0.39 is 10.9 Å². The number of anilines is 1. The predicted molar refractivity (Wildman–Crippen MR) is 83.2 cm³/mol. The fourth-order valence-electron chi connectivity index (χ4n) is 2.74. The van der Waals surface area contributed by atoms with Gasteiger partial charge in [0.25, 0.3) is 0 Å². The molecule has 2 rings (SSSR count). The summed E-state index contributed by atoms with van der Waals surface area (Å²) in [5, 5.41) is 24.0. The Morgan fingerprint density at radius 1 is 1.48 bits per heavy atom. The first-order valence-electron chi connectivity index (χ1n) is 6.83. The summed E-state index contributed by atoms with van der Waals surface area (Å²) in [4.78, 5) is 21.7. The van der Waals surface area contributed by atoms with Crippen molar-refractivity contribution in [3.8, 4) is 0 Å². The van der Waals surface area contributed by atoms with E-state index in [1.165, 1.54) is 12.1 Å². The molecule has 0 radical (unpaired) electrons. The van der Waals surface area contributed by atoms with Gasteiger partial charge in [-0.15, -0.1) is 0 Å². The Morgan fingerprint density at radius 3 is 2.86 bits per heavy atom. The molecule has 1 aliphatic carbocycles. The first kappa shape index (κ1) is 15.6. The molecule has 0 amide bonds. The van der Waals surface area contributed by atoms with Gasteiger partial charge in [-0.2, -0.15) is 11.8 Å². The van der Waals surface area contributed by atoms with Crippen molar-refractivity contribution in [3.63, 3.8) is 0 Å². The molecule has 0 saturated heterocycles. The highest BCUT2D eigenvalue weighted by molar-refractivity contribution is 7.99. The number of carboxylic acids is 1. The maximum absolute atomic E-state index is 11.2. The van der Waals surface area contributed by atoms with Gasteiger partial charge in [-0.25, -0.2) is 4.79 Å². The quantitative estimate of drug-likeness (QED) is 0.640. The molecule has 0 aliphatic heterocycles. The van der Waals surface area contributed by atoms with Crippen LogP contribution in [0.15, 0.2) is 18.2 Å². The molecule has 0 aromatic heterocycles. The molecule has 2 unspecified atom stereocenters. The molecule has 0 heterocycles. The van der Waals surface area contributed by atoms with Gasteiger partial charge in [-0.3, -0.25) is 10.1 Å². The molecule has 1 saturated carbocycles. The van der Waals surface area contributed by atoms with E-state index in [4.69, 9.17) is 5.11 Å². The number of nitro benzene ring substituents is 1. The van der Waals surface area contributed by atoms with Gasteiger partial charge in [0.1, 0.15) is 11.3 Å². The molecular formula is C14H18N2O4S. The first-order chi connectivity index (χ1) is 10.0. The van der Waals surface area contributed by atoms with Crippen LogP contribution in [0.1, 0.15) is 36.0 Å². The van der Waals surface area contributed by atoms with Crippen molar-refractivity contribution < 1.29 is 14.8 Å². The molecule has 114 valence electrons. The van der Waals surface area contributed by atoms with Crippen LogP contribution in [0.5, 0.6) is 0 Å². The Kier molecular flexibility index (Phi) is 5.06. The zero-order valence-corrected chi connectivity index (χ0v) is 12.6. The fourth-order valence-corrected chi connectivity index (χ4v) is 3.57. The third-order valence-corrected chi connectivity index (χ3v) is 4.86. The van der Waals surface area contributed by atoms with Crippen molar-refractivity contribution in [3.05, 3.63) is 33.9 Å². The van der Waals surface area contributed by atoms with Gasteiger partial charge in [0.05, 0.1) is 4.92 Å². The highest BCUT2D eigenvalue weighted by atomic mass is 32.2. The van der Waals surface area contributed by atoms with Crippen LogP contribution >= 0.6 is 11.8 Å². The Balaban J connectivity index is 2.25. The summed E-state index contributed by atoms with van der Waals surface area (Å²) in [5.41, 5.74) is -0.329. The molecule has 1 aliphatic rings. The second-order valence-electron chi connectivity index (χ2n) is 5.13. The summed E-state index contributed by atoms with van der Waals surface area (Å²) in [5.74, 6) is -1.28. The highest BCUT2D eigenvalue weighted by Gasteiger charge is 2.27. The third-order valence-electron chi connectivity index (χ3n) is 3.77. The number of carbonyl (C=O) groups is 1. The molecule has 1 fully saturated rings. The Hall–Kier alpha value is -1.76. The van der Waals surface area contributed by atoms with Crippen LogP contribution in [0.25, 0.3) is 0 Å². The number of hydrogen-bond donors (Lipinski definition) is 2. The van der Waals surface area contributed by atoms with Crippen molar-refractivity contribution in [2.75, 3.05) is 11.6 Å². The number of nitro groups is 1. The van der Waals surface area contributed by atoms with Gasteiger partial charge in [0, 0.05) is 11.3 Å². The molecule has 0 spiro atoms. The zero-order valence-electron chi connectivity index (χ0n) is 11.7. The molecule has 0 bridgehead atoms. The lowest BCUT2D eigenvalue weighted by atomic mass is 9.94. The molecule has 1 aromatic carbocycles. The van der Waals surface area contributed by atoms with Crippen molar-refractivity contribution in [2.45, 2.75) is 37.0 Å². The average Bonchev–Trinajstić information content (AvgIpc) is 2.46. The monoisotopic (exact) mass is 310 g/mol. The minimum absolute atomic E-state index is 0.152. The van der Waals surface area contributed by atoms with Crippen LogP contribution in [-0.4, -0.2) is 33.5 Å². The van der Waals surface area contributed by atoms with E-state index in [1.54, 1.807) is 6.07 Å². The molecule has 6 nitrogen and oxygen atoms in total. The van der Waals surface area contributed by atoms with Crippen molar-refractivity contribution in [1.29, 1.82) is 0 Å². The molecular weight excluding hydrogens is 292 g/mol. The maximum Gasteiger partial charge on any atom is 0.342 e. The largest absolute Gasteiger partial charge is 0.477 e. The topological polar surface area (TPSA) is 92.5 Å². The maximum atomic E-state index is 11.2. The number of thioether (sulfide) groups is 1. The summed E-state index contributed by atoms with van der Waals surface area (Å²) in [6.45, 7) is 0. The van der Waals surface area contributed by atoms with Gasteiger partial charge >= 0.3 is 11.7 Å². The van der Waals surface area contributed by atoms with Crippen LogP contribution in [0.2, 0.25) is 0 Å². The average molecular weight is 310 g/mol. The zero-order chi connectivity index (χ0) is 15.4. The van der Waals surface area contributed by atoms with Gasteiger partial charge in [0.15, 0.2) is 0 Å². The van der Waals surface area contributed by atoms with Crippen LogP contribution in [0.4, 0.5) is 11.4 Å². The summed E-state index contributed by atoms with van der Waals surface area (Å²) in [7, 11) is 0. The van der Waals surface area contributed by atoms with Crippen molar-refractivity contribution >= 4 is 29.1 Å². The van der Waals surface area contributed by atoms with E-state index >= 15 is 0 Å². The van der Waals surface area contributed by atoms with E-state index in [0.29, 0.717) is 10.9 Å². The molecule has 2 atom stereocenters. The van der Waals surface area contributed by atoms with E-state index in [-0.39, 0.29) is 17.3 Å². The van der Waals surface area contributed by atoms with Crippen molar-refractivity contribution in [2.24, 2.45) is 0 Å². The van der Waals surface area contributed by atoms with E-state index in [2.05, 4.69) is 11.6 Å². The normalized spacial score (nSPS) is 21.8. The minimum atomic E-state index is -1.28. The molecule has 2 N–H and O–H groups in total. The third kappa shape index (κ3) is 3.66. The summed E-state index contributed by atoms with van der Waals surface area (Å²) in [6, 6.07) is 4.52. The van der Waals surface area contributed by atoms with Gasteiger partial charge in [0.2, 0.25) is 0 Å². The number of aromatic carboxylic acids is 1. The fraction of sp³-hybridized carbons (Fsp3) is 0.500. The predicted octanol–water partition coefficient (Wildman–Crippen LogP) is 3.38. The lowest BCUT2D eigenvalue weighted by molar-refractivity contribution is -0.384. The van der Waals surface area contributed by atoms with Gasteiger partial charge in [-0.1, -0.05) is 12.5 Å². The Bertz CT molecular complexity index is 550. The van der Waals surface area contributed by atoms with E-state index in [0.717, 1.165) is 25.7 Å². The SMILES string of the molecule is CSC1CCCC(Nc2cccc(C(=O)O)c2[N+](=O)[O-])C1. The number of benzene rings is 1. The minimum Gasteiger partial charge on any atom is -0.477 e. The second kappa shape index (κ2) is 6.80. The number of rotatable bonds is 5. The summed E-state index contributed by atoms with van der Waals surface area (Å²) >= 11 is 1.81. The first-order valence-corrected chi connectivity index (χ1v) is 8.11. The van der Waals surface area contributed by atoms with E-state index in [9.17, 15) is 14.9 Å². The highest BCUT2D eigenvalue weighted by Crippen LogP contribution is 2.33. The number of nitrogens with one attached hydrogen (secondary N) is 1. The standard InChI is InChI=1S/C14H18N2O4S/c1-21-10-5-2-4-9(8-10)15-12-7-3-6-11(14(17)18)13(12)16(19)20/h3,6-7,9-10,15H,2,4-5,8H2,1H3,(H,17,18). The Morgan fingerprint density at radius 2 is 2.24 bits per heavy atom. The Labute approximate surface area is 127 Å². The van der Waals surface area contributed by atoms with Crippen LogP contribution in [-0.2, 0) is 0 Å². The molecule has 1 aromatic rings. The van der Waals surface area contributed by atoms with Crippen LogP contribution < -0.4 is 5.32 Å². The smallest absolute Gasteiger partial charge is 0.342 e. The number of carboxylic acid groups (broad SMARTS) is 1.